The van der Waals surface area contributed by atoms with Gasteiger partial charge in [-0.25, -0.2) is 4.79 Å². The first-order chi connectivity index (χ1) is 15.7. The largest absolute Gasteiger partial charge is 0.446 e. The maximum Gasteiger partial charge on any atom is 0.407 e. The van der Waals surface area contributed by atoms with E-state index in [4.69, 9.17) is 4.74 Å². The number of aromatic amines is 1. The van der Waals surface area contributed by atoms with Crippen molar-refractivity contribution in [2.45, 2.75) is 37.8 Å². The van der Waals surface area contributed by atoms with Crippen LogP contribution in [0.15, 0.2) is 55.0 Å². The Morgan fingerprint density at radius 2 is 2.19 bits per heavy atom. The van der Waals surface area contributed by atoms with Gasteiger partial charge in [-0.1, -0.05) is 18.2 Å². The number of nitrogens with zero attached hydrogens (tertiary/aromatic N) is 4. The van der Waals surface area contributed by atoms with E-state index in [1.54, 1.807) is 12.4 Å². The zero-order valence-corrected chi connectivity index (χ0v) is 17.8. The monoisotopic (exact) mass is 431 g/mol. The average Bonchev–Trinajstić information content (AvgIpc) is 3.54. The quantitative estimate of drug-likeness (QED) is 0.426. The summed E-state index contributed by atoms with van der Waals surface area (Å²) in [5, 5.41) is 19.2. The molecule has 0 spiro atoms. The van der Waals surface area contributed by atoms with Crippen LogP contribution in [-0.4, -0.2) is 37.2 Å². The molecule has 1 aromatic carbocycles. The number of benzene rings is 1. The van der Waals surface area contributed by atoms with Crippen LogP contribution in [0.2, 0.25) is 0 Å². The highest BCUT2D eigenvalue weighted by atomic mass is 16.6. The van der Waals surface area contributed by atoms with E-state index in [2.05, 4.69) is 30.9 Å². The molecule has 9 nitrogen and oxygen atoms in total. The van der Waals surface area contributed by atoms with Gasteiger partial charge in [0.05, 0.1) is 17.4 Å². The molecule has 1 aliphatic carbocycles. The summed E-state index contributed by atoms with van der Waals surface area (Å²) in [7, 11) is 1.93. The first-order valence-electron chi connectivity index (χ1n) is 10.7. The van der Waals surface area contributed by atoms with Gasteiger partial charge in [0.2, 0.25) is 0 Å². The van der Waals surface area contributed by atoms with Gasteiger partial charge in [-0.15, -0.1) is 0 Å². The fraction of sp³-hybridized carbons (Fsp3) is 0.304. The first-order valence-corrected chi connectivity index (χ1v) is 10.7. The topological polar surface area (TPSA) is 110 Å². The number of pyridine rings is 1. The number of carbonyl (C=O) groups excluding carboxylic acids is 1. The number of rotatable bonds is 6. The molecule has 0 bridgehead atoms. The molecule has 3 N–H and O–H groups in total. The Kier molecular flexibility index (Phi) is 5.45. The Morgan fingerprint density at radius 3 is 3.06 bits per heavy atom. The minimum Gasteiger partial charge on any atom is -0.446 e. The maximum absolute atomic E-state index is 12.1. The number of fused-ring (bicyclic) bond motifs is 1. The van der Waals surface area contributed by atoms with E-state index < -0.39 is 6.09 Å². The van der Waals surface area contributed by atoms with Crippen LogP contribution in [0.3, 0.4) is 0 Å². The van der Waals surface area contributed by atoms with Crippen molar-refractivity contribution in [3.8, 4) is 0 Å². The molecule has 32 heavy (non-hydrogen) atoms. The lowest BCUT2D eigenvalue weighted by molar-refractivity contribution is 0.0996. The average molecular weight is 432 g/mol. The highest BCUT2D eigenvalue weighted by molar-refractivity contribution is 5.92. The van der Waals surface area contributed by atoms with Gasteiger partial charge in [-0.2, -0.15) is 10.2 Å². The molecule has 3 aromatic heterocycles. The SMILES string of the molecule is Cn1ncc2cccc(Nc3cc(C4CCC(OC(=O)NCc5cccnc5)C4)[nH]n3)c21. The Labute approximate surface area is 185 Å². The molecule has 9 heteroatoms. The van der Waals surface area contributed by atoms with Crippen molar-refractivity contribution in [1.82, 2.24) is 30.3 Å². The summed E-state index contributed by atoms with van der Waals surface area (Å²) in [4.78, 5) is 16.2. The van der Waals surface area contributed by atoms with Crippen molar-refractivity contribution in [2.24, 2.45) is 7.05 Å². The second kappa shape index (κ2) is 8.70. The normalized spacial score (nSPS) is 18.0. The lowest BCUT2D eigenvalue weighted by Gasteiger charge is -2.13. The predicted molar refractivity (Wildman–Crippen MR) is 121 cm³/mol. The third-order valence-corrected chi connectivity index (χ3v) is 5.88. The van der Waals surface area contributed by atoms with Crippen molar-refractivity contribution < 1.29 is 9.53 Å². The Balaban J connectivity index is 1.16. The van der Waals surface area contributed by atoms with Gasteiger partial charge in [-0.3, -0.25) is 14.8 Å². The predicted octanol–water partition coefficient (Wildman–Crippen LogP) is 4.00. The number of nitrogens with one attached hydrogen (secondary N) is 3. The van der Waals surface area contributed by atoms with E-state index in [9.17, 15) is 4.79 Å². The number of hydrogen-bond donors (Lipinski definition) is 3. The number of alkyl carbamates (subject to hydrolysis) is 1. The molecule has 0 saturated heterocycles. The van der Waals surface area contributed by atoms with E-state index >= 15 is 0 Å². The number of hydrogen-bond acceptors (Lipinski definition) is 6. The van der Waals surface area contributed by atoms with Crippen LogP contribution in [0.4, 0.5) is 16.3 Å². The number of H-pyrrole nitrogens is 1. The summed E-state index contributed by atoms with van der Waals surface area (Å²) >= 11 is 0. The van der Waals surface area contributed by atoms with E-state index in [1.807, 2.05) is 54.3 Å². The van der Waals surface area contributed by atoms with E-state index in [0.29, 0.717) is 6.54 Å². The molecular weight excluding hydrogens is 406 g/mol. The summed E-state index contributed by atoms with van der Waals surface area (Å²) < 4.78 is 7.46. The molecular formula is C23H25N7O2. The van der Waals surface area contributed by atoms with Crippen molar-refractivity contribution >= 4 is 28.5 Å². The smallest absolute Gasteiger partial charge is 0.407 e. The van der Waals surface area contributed by atoms with Gasteiger partial charge in [0.25, 0.3) is 0 Å². The van der Waals surface area contributed by atoms with E-state index in [-0.39, 0.29) is 12.0 Å². The zero-order chi connectivity index (χ0) is 21.9. The van der Waals surface area contributed by atoms with E-state index in [0.717, 1.165) is 52.9 Å². The second-order valence-electron chi connectivity index (χ2n) is 8.10. The molecule has 1 aliphatic rings. The number of para-hydroxylation sites is 1. The fourth-order valence-electron chi connectivity index (χ4n) is 4.28. The summed E-state index contributed by atoms with van der Waals surface area (Å²) in [6, 6.07) is 11.8. The van der Waals surface area contributed by atoms with Gasteiger partial charge in [0.15, 0.2) is 5.82 Å². The number of carbonyl (C=O) groups is 1. The molecule has 3 heterocycles. The van der Waals surface area contributed by atoms with Crippen LogP contribution in [0.5, 0.6) is 0 Å². The molecule has 2 unspecified atom stereocenters. The summed E-state index contributed by atoms with van der Waals surface area (Å²) in [6.07, 6.45) is 7.34. The van der Waals surface area contributed by atoms with Crippen molar-refractivity contribution in [3.05, 3.63) is 66.2 Å². The first kappa shape index (κ1) is 20.0. The second-order valence-corrected chi connectivity index (χ2v) is 8.10. The molecule has 2 atom stereocenters. The third kappa shape index (κ3) is 4.27. The minimum absolute atomic E-state index is 0.100. The number of amides is 1. The van der Waals surface area contributed by atoms with Gasteiger partial charge < -0.3 is 15.4 Å². The summed E-state index contributed by atoms with van der Waals surface area (Å²) in [6.45, 7) is 0.405. The highest BCUT2D eigenvalue weighted by Gasteiger charge is 2.30. The molecule has 1 amide bonds. The molecule has 0 aliphatic heterocycles. The molecule has 1 saturated carbocycles. The number of aryl methyl sites for hydroxylation is 1. The van der Waals surface area contributed by atoms with Crippen molar-refractivity contribution in [3.63, 3.8) is 0 Å². The van der Waals surface area contributed by atoms with E-state index in [1.165, 1.54) is 0 Å². The van der Waals surface area contributed by atoms with Crippen LogP contribution in [0.25, 0.3) is 10.9 Å². The Hall–Kier alpha value is -3.88. The van der Waals surface area contributed by atoms with Crippen LogP contribution >= 0.6 is 0 Å². The summed E-state index contributed by atoms with van der Waals surface area (Å²) in [5.74, 6) is 1.04. The standard InChI is InChI=1S/C23H25N7O2/c1-30-22-17(14-26-30)5-2-6-19(22)27-21-11-20(28-29-21)16-7-8-18(10-16)32-23(31)25-13-15-4-3-9-24-12-15/h2-6,9,11-12,14,16,18H,7-8,10,13H2,1H3,(H,25,31)(H2,27,28,29). The molecule has 164 valence electrons. The number of ether oxygens (including phenoxy) is 1. The maximum atomic E-state index is 12.1. The van der Waals surface area contributed by atoms with Crippen molar-refractivity contribution in [1.29, 1.82) is 0 Å². The number of aromatic nitrogens is 5. The highest BCUT2D eigenvalue weighted by Crippen LogP contribution is 2.36. The Bertz CT molecular complexity index is 1220. The van der Waals surface area contributed by atoms with Gasteiger partial charge in [0.1, 0.15) is 6.10 Å². The molecule has 5 rings (SSSR count). The summed E-state index contributed by atoms with van der Waals surface area (Å²) in [5.41, 5.74) is 3.97. The molecule has 1 fully saturated rings. The fourth-order valence-corrected chi connectivity index (χ4v) is 4.28. The Morgan fingerprint density at radius 1 is 1.25 bits per heavy atom. The van der Waals surface area contributed by atoms with Crippen LogP contribution in [0, 0.1) is 0 Å². The van der Waals surface area contributed by atoms with Gasteiger partial charge in [-0.05, 0) is 37.0 Å². The third-order valence-electron chi connectivity index (χ3n) is 5.88. The van der Waals surface area contributed by atoms with Crippen molar-refractivity contribution in [2.75, 3.05) is 5.32 Å². The van der Waals surface area contributed by atoms with Crippen LogP contribution in [0.1, 0.15) is 36.4 Å². The van der Waals surface area contributed by atoms with Crippen LogP contribution in [-0.2, 0) is 18.3 Å². The lowest BCUT2D eigenvalue weighted by atomic mass is 10.0. The van der Waals surface area contributed by atoms with Gasteiger partial charge >= 0.3 is 6.09 Å². The lowest BCUT2D eigenvalue weighted by Crippen LogP contribution is -2.27. The zero-order valence-electron chi connectivity index (χ0n) is 17.8. The van der Waals surface area contributed by atoms with Crippen LogP contribution < -0.4 is 10.6 Å². The molecule has 4 aromatic rings. The van der Waals surface area contributed by atoms with Gasteiger partial charge in [0, 0.05) is 49.1 Å². The minimum atomic E-state index is -0.393. The molecule has 0 radical (unpaired) electrons. The number of anilines is 2.